The van der Waals surface area contributed by atoms with Gasteiger partial charge in [0.1, 0.15) is 17.6 Å². The van der Waals surface area contributed by atoms with E-state index < -0.39 is 11.9 Å². The molecule has 1 atom stereocenters. The van der Waals surface area contributed by atoms with E-state index in [1.807, 2.05) is 22.8 Å². The van der Waals surface area contributed by atoms with Gasteiger partial charge in [-0.2, -0.15) is 0 Å². The van der Waals surface area contributed by atoms with Gasteiger partial charge in [-0.25, -0.2) is 4.98 Å². The molecule has 0 saturated heterocycles. The van der Waals surface area contributed by atoms with E-state index >= 15 is 0 Å². The predicted octanol–water partition coefficient (Wildman–Crippen LogP) is 1.87. The third kappa shape index (κ3) is 2.51. The van der Waals surface area contributed by atoms with E-state index in [9.17, 15) is 4.79 Å². The summed E-state index contributed by atoms with van der Waals surface area (Å²) in [6.45, 7) is 1.76. The zero-order valence-electron chi connectivity index (χ0n) is 10.9. The zero-order valence-corrected chi connectivity index (χ0v) is 11.6. The molecule has 0 aliphatic heterocycles. The minimum atomic E-state index is -0.461. The summed E-state index contributed by atoms with van der Waals surface area (Å²) in [6.07, 6.45) is 0.580. The Balaban J connectivity index is 2.63. The van der Waals surface area contributed by atoms with Crippen molar-refractivity contribution in [2.45, 2.75) is 19.4 Å². The molecule has 0 saturated carbocycles. The van der Waals surface area contributed by atoms with Crippen LogP contribution in [0.2, 0.25) is 0 Å². The number of rotatable bonds is 5. The predicted molar refractivity (Wildman–Crippen MR) is 74.6 cm³/mol. The molecule has 102 valence electrons. The van der Waals surface area contributed by atoms with Crippen LogP contribution in [0.1, 0.15) is 18.8 Å². The van der Waals surface area contributed by atoms with E-state index in [4.69, 9.17) is 22.1 Å². The Morgan fingerprint density at radius 2 is 2.32 bits per heavy atom. The average Bonchev–Trinajstić information content (AvgIpc) is 2.74. The summed E-state index contributed by atoms with van der Waals surface area (Å²) in [5.74, 6) is 1.52. The minimum Gasteiger partial charge on any atom is -0.497 e. The normalized spacial score (nSPS) is 12.6. The van der Waals surface area contributed by atoms with Gasteiger partial charge in [-0.3, -0.25) is 4.79 Å². The maximum atomic E-state index is 11.4. The van der Waals surface area contributed by atoms with Crippen LogP contribution in [0.15, 0.2) is 18.2 Å². The number of hydrogen-bond donors (Lipinski definition) is 1. The van der Waals surface area contributed by atoms with Crippen molar-refractivity contribution in [3.63, 3.8) is 0 Å². The molecule has 0 aliphatic carbocycles. The highest BCUT2D eigenvalue weighted by atomic mass is 35.5. The lowest BCUT2D eigenvalue weighted by atomic mass is 10.2. The van der Waals surface area contributed by atoms with E-state index in [0.29, 0.717) is 12.3 Å². The number of methoxy groups -OCH3 is 1. The van der Waals surface area contributed by atoms with Crippen LogP contribution in [0.3, 0.4) is 0 Å². The number of ether oxygens (including phenoxy) is 1. The molecule has 0 fully saturated rings. The number of aromatic nitrogens is 2. The average molecular weight is 282 g/mol. The third-order valence-corrected chi connectivity index (χ3v) is 3.28. The molecule has 2 rings (SSSR count). The van der Waals surface area contributed by atoms with Gasteiger partial charge in [0.05, 0.1) is 18.1 Å². The lowest BCUT2D eigenvalue weighted by Gasteiger charge is -2.14. The summed E-state index contributed by atoms with van der Waals surface area (Å²) in [4.78, 5) is 15.9. The summed E-state index contributed by atoms with van der Waals surface area (Å²) < 4.78 is 7.01. The lowest BCUT2D eigenvalue weighted by molar-refractivity contribution is -0.120. The molecule has 5 nitrogen and oxygen atoms in total. The van der Waals surface area contributed by atoms with Gasteiger partial charge in [0.25, 0.3) is 0 Å². The molecule has 0 aliphatic rings. The molecule has 2 aromatic rings. The summed E-state index contributed by atoms with van der Waals surface area (Å²) in [6, 6.07) is 5.07. The van der Waals surface area contributed by atoms with Crippen LogP contribution in [-0.2, 0) is 11.2 Å². The summed E-state index contributed by atoms with van der Waals surface area (Å²) in [5, 5.41) is 0. The van der Waals surface area contributed by atoms with Crippen LogP contribution < -0.4 is 10.5 Å². The van der Waals surface area contributed by atoms with Gasteiger partial charge in [-0.1, -0.05) is 0 Å². The number of carbonyl (C=O) groups is 1. The molecule has 1 aromatic heterocycles. The second-order valence-electron chi connectivity index (χ2n) is 4.27. The number of alkyl halides is 1. The molecule has 0 radical (unpaired) electrons. The van der Waals surface area contributed by atoms with Crippen molar-refractivity contribution in [1.29, 1.82) is 0 Å². The van der Waals surface area contributed by atoms with Crippen LogP contribution in [0, 0.1) is 0 Å². The number of aryl methyl sites for hydroxylation is 1. The number of benzene rings is 1. The Morgan fingerprint density at radius 3 is 2.89 bits per heavy atom. The van der Waals surface area contributed by atoms with Crippen molar-refractivity contribution in [3.05, 3.63) is 24.0 Å². The number of imidazole rings is 1. The highest BCUT2D eigenvalue weighted by Gasteiger charge is 2.19. The molecule has 19 heavy (non-hydrogen) atoms. The van der Waals surface area contributed by atoms with E-state index in [1.165, 1.54) is 0 Å². The SMILES string of the molecule is COc1ccc2c(c1)nc(CCCl)n2C(C)C(N)=O. The quantitative estimate of drug-likeness (QED) is 0.851. The van der Waals surface area contributed by atoms with Gasteiger partial charge < -0.3 is 15.0 Å². The van der Waals surface area contributed by atoms with Crippen molar-refractivity contribution in [2.24, 2.45) is 5.73 Å². The first-order chi connectivity index (χ1) is 9.08. The van der Waals surface area contributed by atoms with Gasteiger partial charge in [-0.15, -0.1) is 11.6 Å². The second kappa shape index (κ2) is 5.48. The van der Waals surface area contributed by atoms with Gasteiger partial charge >= 0.3 is 0 Å². The van der Waals surface area contributed by atoms with E-state index in [2.05, 4.69) is 4.98 Å². The maximum Gasteiger partial charge on any atom is 0.240 e. The fraction of sp³-hybridized carbons (Fsp3) is 0.385. The van der Waals surface area contributed by atoms with E-state index in [1.54, 1.807) is 14.0 Å². The van der Waals surface area contributed by atoms with E-state index in [0.717, 1.165) is 22.6 Å². The number of amides is 1. The summed E-state index contributed by atoms with van der Waals surface area (Å²) in [5.41, 5.74) is 7.02. The molecule has 0 spiro atoms. The molecule has 1 unspecified atom stereocenters. The van der Waals surface area contributed by atoms with Crippen LogP contribution in [0.5, 0.6) is 5.75 Å². The number of hydrogen-bond acceptors (Lipinski definition) is 3. The minimum absolute atomic E-state index is 0.397. The molecule has 0 bridgehead atoms. The van der Waals surface area contributed by atoms with Gasteiger partial charge in [0.2, 0.25) is 5.91 Å². The van der Waals surface area contributed by atoms with Crippen molar-refractivity contribution in [1.82, 2.24) is 9.55 Å². The van der Waals surface area contributed by atoms with Crippen molar-refractivity contribution >= 4 is 28.5 Å². The van der Waals surface area contributed by atoms with E-state index in [-0.39, 0.29) is 0 Å². The zero-order chi connectivity index (χ0) is 14.0. The monoisotopic (exact) mass is 281 g/mol. The Hall–Kier alpha value is -1.75. The largest absolute Gasteiger partial charge is 0.497 e. The molecular formula is C13H16ClN3O2. The Bertz CT molecular complexity index is 609. The molecule has 6 heteroatoms. The fourth-order valence-corrected chi connectivity index (χ4v) is 2.24. The van der Waals surface area contributed by atoms with Gasteiger partial charge in [-0.05, 0) is 19.1 Å². The smallest absolute Gasteiger partial charge is 0.240 e. The molecule has 1 amide bonds. The maximum absolute atomic E-state index is 11.4. The molecule has 1 heterocycles. The standard InChI is InChI=1S/C13H16ClN3O2/c1-8(13(15)18)17-11-4-3-9(19-2)7-10(11)16-12(17)5-6-14/h3-4,7-8H,5-6H2,1-2H3,(H2,15,18). The Morgan fingerprint density at radius 1 is 1.58 bits per heavy atom. The topological polar surface area (TPSA) is 70.1 Å². The number of primary amides is 1. The van der Waals surface area contributed by atoms with Crippen LogP contribution in [-0.4, -0.2) is 28.4 Å². The molecule has 1 aromatic carbocycles. The number of nitrogens with two attached hydrogens (primary N) is 1. The number of fused-ring (bicyclic) bond motifs is 1. The van der Waals surface area contributed by atoms with Crippen LogP contribution >= 0.6 is 11.6 Å². The van der Waals surface area contributed by atoms with Gasteiger partial charge in [0, 0.05) is 18.4 Å². The van der Waals surface area contributed by atoms with Crippen molar-refractivity contribution < 1.29 is 9.53 Å². The number of carbonyl (C=O) groups excluding carboxylic acids is 1. The van der Waals surface area contributed by atoms with Crippen LogP contribution in [0.25, 0.3) is 11.0 Å². The highest BCUT2D eigenvalue weighted by molar-refractivity contribution is 6.17. The molecule has 2 N–H and O–H groups in total. The number of halogens is 1. The molecular weight excluding hydrogens is 266 g/mol. The summed E-state index contributed by atoms with van der Waals surface area (Å²) in [7, 11) is 1.60. The first-order valence-electron chi connectivity index (χ1n) is 5.98. The Labute approximate surface area is 116 Å². The van der Waals surface area contributed by atoms with Crippen molar-refractivity contribution in [3.8, 4) is 5.75 Å². The first-order valence-corrected chi connectivity index (χ1v) is 6.52. The highest BCUT2D eigenvalue weighted by Crippen LogP contribution is 2.25. The lowest BCUT2D eigenvalue weighted by Crippen LogP contribution is -2.25. The Kier molecular flexibility index (Phi) is 3.95. The fourth-order valence-electron chi connectivity index (χ4n) is 2.08. The summed E-state index contributed by atoms with van der Waals surface area (Å²) >= 11 is 5.78. The van der Waals surface area contributed by atoms with Crippen LogP contribution in [0.4, 0.5) is 0 Å². The van der Waals surface area contributed by atoms with Gasteiger partial charge in [0.15, 0.2) is 0 Å². The second-order valence-corrected chi connectivity index (χ2v) is 4.65. The third-order valence-electron chi connectivity index (χ3n) is 3.09. The number of nitrogens with zero attached hydrogens (tertiary/aromatic N) is 2. The first kappa shape index (κ1) is 13.7. The van der Waals surface area contributed by atoms with Crippen molar-refractivity contribution in [2.75, 3.05) is 13.0 Å².